The highest BCUT2D eigenvalue weighted by molar-refractivity contribution is 14.1. The number of benzene rings is 1. The van der Waals surface area contributed by atoms with Gasteiger partial charge in [-0.1, -0.05) is 11.6 Å². The standard InChI is InChI=1S/C11H10ClF3IN/c12-8-5-7(11(13,14)15)6-9(16)10(8)17-3-1-2-4-17/h5-6H,1-4H2. The van der Waals surface area contributed by atoms with Crippen molar-refractivity contribution in [1.82, 2.24) is 0 Å². The lowest BCUT2D eigenvalue weighted by atomic mass is 10.2. The second-order valence-corrected chi connectivity index (χ2v) is 5.55. The Morgan fingerprint density at radius 3 is 2.24 bits per heavy atom. The summed E-state index contributed by atoms with van der Waals surface area (Å²) < 4.78 is 38.3. The van der Waals surface area contributed by atoms with Gasteiger partial charge in [-0.2, -0.15) is 13.2 Å². The van der Waals surface area contributed by atoms with Gasteiger partial charge in [-0.25, -0.2) is 0 Å². The molecule has 2 rings (SSSR count). The van der Waals surface area contributed by atoms with Gasteiger partial charge in [-0.15, -0.1) is 0 Å². The molecule has 1 fully saturated rings. The van der Waals surface area contributed by atoms with Crippen molar-refractivity contribution in [3.05, 3.63) is 26.3 Å². The summed E-state index contributed by atoms with van der Waals surface area (Å²) in [5.74, 6) is 0. The zero-order valence-electron chi connectivity index (χ0n) is 8.82. The number of hydrogen-bond donors (Lipinski definition) is 0. The first-order chi connectivity index (χ1) is 7.89. The Labute approximate surface area is 116 Å². The van der Waals surface area contributed by atoms with E-state index >= 15 is 0 Å². The maximum Gasteiger partial charge on any atom is 0.416 e. The minimum absolute atomic E-state index is 0.186. The first kappa shape index (κ1) is 13.3. The van der Waals surface area contributed by atoms with E-state index in [-0.39, 0.29) is 5.02 Å². The molecule has 0 unspecified atom stereocenters. The zero-order valence-corrected chi connectivity index (χ0v) is 11.7. The van der Waals surface area contributed by atoms with Crippen LogP contribution in [0.1, 0.15) is 18.4 Å². The molecule has 1 saturated heterocycles. The average molecular weight is 376 g/mol. The normalized spacial score (nSPS) is 16.6. The Balaban J connectivity index is 2.42. The molecule has 1 aromatic carbocycles. The van der Waals surface area contributed by atoms with Gasteiger partial charge in [-0.05, 0) is 47.6 Å². The van der Waals surface area contributed by atoms with Crippen LogP contribution in [0, 0.1) is 3.57 Å². The third-order valence-electron chi connectivity index (χ3n) is 2.77. The molecule has 0 spiro atoms. The third-order valence-corrected chi connectivity index (χ3v) is 3.88. The van der Waals surface area contributed by atoms with Crippen LogP contribution in [0.4, 0.5) is 18.9 Å². The van der Waals surface area contributed by atoms with Crippen LogP contribution in [-0.4, -0.2) is 13.1 Å². The highest BCUT2D eigenvalue weighted by Crippen LogP contribution is 2.39. The Bertz CT molecular complexity index is 404. The monoisotopic (exact) mass is 375 g/mol. The van der Waals surface area contributed by atoms with E-state index in [9.17, 15) is 13.2 Å². The van der Waals surface area contributed by atoms with Crippen molar-refractivity contribution in [3.63, 3.8) is 0 Å². The van der Waals surface area contributed by atoms with E-state index in [1.807, 2.05) is 27.5 Å². The van der Waals surface area contributed by atoms with E-state index in [2.05, 4.69) is 0 Å². The lowest BCUT2D eigenvalue weighted by molar-refractivity contribution is -0.137. The molecular formula is C11H10ClF3IN. The molecule has 0 saturated carbocycles. The van der Waals surface area contributed by atoms with Gasteiger partial charge < -0.3 is 4.90 Å². The molecule has 1 heterocycles. The molecule has 6 heteroatoms. The first-order valence-electron chi connectivity index (χ1n) is 5.21. The van der Waals surface area contributed by atoms with Crippen molar-refractivity contribution < 1.29 is 13.2 Å². The van der Waals surface area contributed by atoms with Crippen molar-refractivity contribution in [3.8, 4) is 0 Å². The summed E-state index contributed by atoms with van der Waals surface area (Å²) in [4.78, 5) is 2.05. The number of alkyl halides is 3. The third kappa shape index (κ3) is 2.81. The summed E-state index contributed by atoms with van der Waals surface area (Å²) in [6.07, 6.45) is -2.21. The van der Waals surface area contributed by atoms with Crippen LogP contribution in [0.2, 0.25) is 5.02 Å². The summed E-state index contributed by atoms with van der Waals surface area (Å²) in [7, 11) is 0. The molecule has 0 amide bonds. The van der Waals surface area contributed by atoms with E-state index in [1.54, 1.807) is 0 Å². The molecule has 17 heavy (non-hydrogen) atoms. The van der Waals surface area contributed by atoms with Gasteiger partial charge in [0.05, 0.1) is 16.3 Å². The second kappa shape index (κ2) is 4.84. The van der Waals surface area contributed by atoms with Gasteiger partial charge in [0.1, 0.15) is 0 Å². The van der Waals surface area contributed by atoms with Crippen LogP contribution in [-0.2, 0) is 6.18 Å². The Hall–Kier alpha value is -0.170. The van der Waals surface area contributed by atoms with Gasteiger partial charge in [0.2, 0.25) is 0 Å². The maximum atomic E-state index is 12.6. The van der Waals surface area contributed by atoms with E-state index in [0.29, 0.717) is 3.57 Å². The van der Waals surface area contributed by atoms with Crippen molar-refractivity contribution in [1.29, 1.82) is 0 Å². The predicted octanol–water partition coefficient (Wildman–Crippen LogP) is 4.56. The van der Waals surface area contributed by atoms with Crippen LogP contribution >= 0.6 is 34.2 Å². The maximum absolute atomic E-state index is 12.6. The SMILES string of the molecule is FC(F)(F)c1cc(Cl)c(N2CCCC2)c(I)c1. The lowest BCUT2D eigenvalue weighted by Crippen LogP contribution is -2.20. The van der Waals surface area contributed by atoms with E-state index in [4.69, 9.17) is 11.6 Å². The Morgan fingerprint density at radius 1 is 1.18 bits per heavy atom. The number of halogens is 5. The largest absolute Gasteiger partial charge is 0.416 e. The fraction of sp³-hybridized carbons (Fsp3) is 0.455. The number of anilines is 1. The number of hydrogen-bond acceptors (Lipinski definition) is 1. The van der Waals surface area contributed by atoms with Gasteiger partial charge in [0.15, 0.2) is 0 Å². The molecule has 0 radical (unpaired) electrons. The van der Waals surface area contributed by atoms with Crippen molar-refractivity contribution in [2.75, 3.05) is 18.0 Å². The lowest BCUT2D eigenvalue weighted by Gasteiger charge is -2.22. The highest BCUT2D eigenvalue weighted by Gasteiger charge is 2.32. The summed E-state index contributed by atoms with van der Waals surface area (Å²) in [5, 5.41) is 0.186. The Kier molecular flexibility index (Phi) is 3.77. The predicted molar refractivity (Wildman–Crippen MR) is 70.6 cm³/mol. The van der Waals surface area contributed by atoms with E-state index < -0.39 is 11.7 Å². The zero-order chi connectivity index (χ0) is 12.6. The van der Waals surface area contributed by atoms with Crippen molar-refractivity contribution in [2.45, 2.75) is 19.0 Å². The highest BCUT2D eigenvalue weighted by atomic mass is 127. The molecule has 0 aromatic heterocycles. The quantitative estimate of drug-likeness (QED) is 0.650. The first-order valence-corrected chi connectivity index (χ1v) is 6.66. The molecule has 0 N–H and O–H groups in total. The second-order valence-electron chi connectivity index (χ2n) is 3.98. The van der Waals surface area contributed by atoms with Crippen LogP contribution in [0.15, 0.2) is 12.1 Å². The fourth-order valence-electron chi connectivity index (χ4n) is 1.97. The molecule has 1 aliphatic heterocycles. The molecule has 1 aromatic rings. The fourth-order valence-corrected chi connectivity index (χ4v) is 3.44. The van der Waals surface area contributed by atoms with Gasteiger partial charge in [0, 0.05) is 16.7 Å². The Morgan fingerprint density at radius 2 is 1.76 bits per heavy atom. The molecule has 0 bridgehead atoms. The average Bonchev–Trinajstić information content (AvgIpc) is 2.68. The summed E-state index contributed by atoms with van der Waals surface area (Å²) in [5.41, 5.74) is 0.0487. The molecule has 1 aliphatic rings. The number of rotatable bonds is 1. The van der Waals surface area contributed by atoms with Crippen LogP contribution in [0.25, 0.3) is 0 Å². The van der Waals surface area contributed by atoms with Crippen molar-refractivity contribution in [2.24, 2.45) is 0 Å². The van der Waals surface area contributed by atoms with Gasteiger partial charge in [-0.3, -0.25) is 0 Å². The van der Waals surface area contributed by atoms with Gasteiger partial charge in [0.25, 0.3) is 0 Å². The van der Waals surface area contributed by atoms with E-state index in [1.165, 1.54) is 0 Å². The smallest absolute Gasteiger partial charge is 0.369 e. The minimum Gasteiger partial charge on any atom is -0.369 e. The van der Waals surface area contributed by atoms with Gasteiger partial charge >= 0.3 is 6.18 Å². The molecule has 0 atom stereocenters. The molecule has 1 nitrogen and oxygen atoms in total. The molecular weight excluding hydrogens is 365 g/mol. The summed E-state index contributed by atoms with van der Waals surface area (Å²) in [6, 6.07) is 2.16. The van der Waals surface area contributed by atoms with Crippen LogP contribution in [0.3, 0.4) is 0 Å². The topological polar surface area (TPSA) is 3.24 Å². The van der Waals surface area contributed by atoms with Crippen LogP contribution < -0.4 is 4.90 Å². The summed E-state index contributed by atoms with van der Waals surface area (Å²) >= 11 is 7.89. The summed E-state index contributed by atoms with van der Waals surface area (Å²) in [6.45, 7) is 1.72. The minimum atomic E-state index is -4.34. The number of nitrogens with zero attached hydrogens (tertiary/aromatic N) is 1. The van der Waals surface area contributed by atoms with E-state index in [0.717, 1.165) is 43.8 Å². The van der Waals surface area contributed by atoms with Crippen molar-refractivity contribution >= 4 is 39.9 Å². The molecule has 94 valence electrons. The van der Waals surface area contributed by atoms with Crippen LogP contribution in [0.5, 0.6) is 0 Å². The molecule has 0 aliphatic carbocycles.